The van der Waals surface area contributed by atoms with E-state index in [1.165, 1.54) is 53.5 Å². The lowest BCUT2D eigenvalue weighted by molar-refractivity contribution is -0.113. The molecule has 152 valence electrons. The Labute approximate surface area is 169 Å². The zero-order valence-corrected chi connectivity index (χ0v) is 17.6. The molecule has 1 amide bonds. The van der Waals surface area contributed by atoms with Gasteiger partial charge in [0.2, 0.25) is 15.9 Å². The van der Waals surface area contributed by atoms with E-state index in [-0.39, 0.29) is 28.1 Å². The first-order valence-electron chi connectivity index (χ1n) is 8.68. The number of benzene rings is 2. The van der Waals surface area contributed by atoms with Gasteiger partial charge in [0.1, 0.15) is 11.6 Å². The SMILES string of the molecule is CCN(CC)S(=O)(=O)c1ccc(OC)c(NC(=O)CSc2ccc(F)cc2)c1. The van der Waals surface area contributed by atoms with Crippen molar-refractivity contribution in [1.29, 1.82) is 0 Å². The molecule has 0 saturated heterocycles. The fraction of sp³-hybridized carbons (Fsp3) is 0.316. The van der Waals surface area contributed by atoms with Crippen LogP contribution in [0.4, 0.5) is 10.1 Å². The van der Waals surface area contributed by atoms with Gasteiger partial charge in [-0.3, -0.25) is 4.79 Å². The highest BCUT2D eigenvalue weighted by molar-refractivity contribution is 8.00. The van der Waals surface area contributed by atoms with Crippen molar-refractivity contribution < 1.29 is 22.3 Å². The number of ether oxygens (including phenoxy) is 1. The Morgan fingerprint density at radius 3 is 2.36 bits per heavy atom. The predicted octanol–water partition coefficient (Wildman–Crippen LogP) is 3.60. The molecule has 0 aliphatic heterocycles. The summed E-state index contributed by atoms with van der Waals surface area (Å²) >= 11 is 1.25. The van der Waals surface area contributed by atoms with Crippen LogP contribution in [-0.2, 0) is 14.8 Å². The van der Waals surface area contributed by atoms with Crippen LogP contribution in [0.2, 0.25) is 0 Å². The molecule has 0 radical (unpaired) electrons. The first-order chi connectivity index (χ1) is 13.3. The zero-order chi connectivity index (χ0) is 20.7. The number of carbonyl (C=O) groups is 1. The Balaban J connectivity index is 2.17. The number of hydrogen-bond donors (Lipinski definition) is 1. The van der Waals surface area contributed by atoms with Crippen molar-refractivity contribution in [2.45, 2.75) is 23.6 Å². The van der Waals surface area contributed by atoms with Crippen molar-refractivity contribution in [1.82, 2.24) is 4.31 Å². The lowest BCUT2D eigenvalue weighted by atomic mass is 10.3. The number of halogens is 1. The normalized spacial score (nSPS) is 11.5. The number of carbonyl (C=O) groups excluding carboxylic acids is 1. The van der Waals surface area contributed by atoms with Gasteiger partial charge in [0.05, 0.1) is 23.4 Å². The smallest absolute Gasteiger partial charge is 0.243 e. The van der Waals surface area contributed by atoms with Crippen molar-refractivity contribution in [3.8, 4) is 5.75 Å². The summed E-state index contributed by atoms with van der Waals surface area (Å²) in [6, 6.07) is 10.2. The molecule has 0 fully saturated rings. The summed E-state index contributed by atoms with van der Waals surface area (Å²) in [5.74, 6) is -0.227. The minimum absolute atomic E-state index is 0.0819. The number of hydrogen-bond acceptors (Lipinski definition) is 5. The molecule has 6 nitrogen and oxygen atoms in total. The number of nitrogens with one attached hydrogen (secondary N) is 1. The van der Waals surface area contributed by atoms with E-state index in [2.05, 4.69) is 5.32 Å². The van der Waals surface area contributed by atoms with E-state index >= 15 is 0 Å². The third kappa shape index (κ3) is 5.46. The maximum Gasteiger partial charge on any atom is 0.243 e. The summed E-state index contributed by atoms with van der Waals surface area (Å²) < 4.78 is 44.9. The number of rotatable bonds is 9. The predicted molar refractivity (Wildman–Crippen MR) is 109 cm³/mol. The van der Waals surface area contributed by atoms with Crippen molar-refractivity contribution in [2.24, 2.45) is 0 Å². The Morgan fingerprint density at radius 2 is 1.79 bits per heavy atom. The fourth-order valence-corrected chi connectivity index (χ4v) is 4.71. The van der Waals surface area contributed by atoms with Crippen molar-refractivity contribution in [2.75, 3.05) is 31.3 Å². The summed E-state index contributed by atoms with van der Waals surface area (Å²) in [7, 11) is -2.22. The topological polar surface area (TPSA) is 75.7 Å². The molecule has 2 aromatic rings. The summed E-state index contributed by atoms with van der Waals surface area (Å²) in [5, 5.41) is 2.69. The van der Waals surface area contributed by atoms with E-state index in [1.54, 1.807) is 26.0 Å². The molecule has 28 heavy (non-hydrogen) atoms. The number of methoxy groups -OCH3 is 1. The third-order valence-electron chi connectivity index (χ3n) is 3.97. The van der Waals surface area contributed by atoms with Crippen LogP contribution in [0.15, 0.2) is 52.3 Å². The fourth-order valence-electron chi connectivity index (χ4n) is 2.52. The van der Waals surface area contributed by atoms with Crippen LogP contribution in [0.1, 0.15) is 13.8 Å². The third-order valence-corrected chi connectivity index (χ3v) is 7.03. The summed E-state index contributed by atoms with van der Waals surface area (Å²) in [4.78, 5) is 13.1. The van der Waals surface area contributed by atoms with Crippen LogP contribution in [0.5, 0.6) is 5.75 Å². The first kappa shape index (κ1) is 22.2. The summed E-state index contributed by atoms with van der Waals surface area (Å²) in [6.07, 6.45) is 0. The Bertz CT molecular complexity index is 914. The molecule has 0 spiro atoms. The Morgan fingerprint density at radius 1 is 1.14 bits per heavy atom. The molecule has 2 aromatic carbocycles. The molecular weight excluding hydrogens is 403 g/mol. The first-order valence-corrected chi connectivity index (χ1v) is 11.1. The quantitative estimate of drug-likeness (QED) is 0.620. The van der Waals surface area contributed by atoms with E-state index in [0.717, 1.165) is 4.90 Å². The maximum atomic E-state index is 12.9. The molecule has 0 heterocycles. The molecule has 0 unspecified atom stereocenters. The van der Waals surface area contributed by atoms with E-state index in [0.29, 0.717) is 18.8 Å². The van der Waals surface area contributed by atoms with Gasteiger partial charge in [-0.15, -0.1) is 11.8 Å². The van der Waals surface area contributed by atoms with Crippen LogP contribution >= 0.6 is 11.8 Å². The van der Waals surface area contributed by atoms with Crippen LogP contribution in [-0.4, -0.2) is 44.6 Å². The molecule has 1 N–H and O–H groups in total. The Hall–Kier alpha value is -2.10. The highest BCUT2D eigenvalue weighted by atomic mass is 32.2. The van der Waals surface area contributed by atoms with E-state index < -0.39 is 10.0 Å². The minimum Gasteiger partial charge on any atom is -0.495 e. The lowest BCUT2D eigenvalue weighted by Gasteiger charge is -2.19. The Kier molecular flexibility index (Phi) is 7.85. The highest BCUT2D eigenvalue weighted by Crippen LogP contribution is 2.29. The van der Waals surface area contributed by atoms with Gasteiger partial charge in [-0.05, 0) is 42.5 Å². The molecule has 9 heteroatoms. The molecule has 0 aromatic heterocycles. The average molecular weight is 427 g/mol. The van der Waals surface area contributed by atoms with Crippen molar-refractivity contribution in [3.05, 3.63) is 48.3 Å². The highest BCUT2D eigenvalue weighted by Gasteiger charge is 2.23. The summed E-state index contributed by atoms with van der Waals surface area (Å²) in [6.45, 7) is 4.22. The van der Waals surface area contributed by atoms with Gasteiger partial charge in [0.15, 0.2) is 0 Å². The van der Waals surface area contributed by atoms with Gasteiger partial charge >= 0.3 is 0 Å². The second-order valence-electron chi connectivity index (χ2n) is 5.74. The van der Waals surface area contributed by atoms with Crippen LogP contribution in [0.3, 0.4) is 0 Å². The number of anilines is 1. The molecule has 0 aliphatic carbocycles. The van der Waals surface area contributed by atoms with Gasteiger partial charge in [-0.25, -0.2) is 12.8 Å². The molecule has 0 atom stereocenters. The minimum atomic E-state index is -3.66. The van der Waals surface area contributed by atoms with Crippen molar-refractivity contribution >= 4 is 33.4 Å². The molecule has 2 rings (SSSR count). The molecule has 0 saturated carbocycles. The van der Waals surface area contributed by atoms with Gasteiger partial charge < -0.3 is 10.1 Å². The molecule has 0 aliphatic rings. The van der Waals surface area contributed by atoms with Gasteiger partial charge in [0.25, 0.3) is 0 Å². The van der Waals surface area contributed by atoms with Gasteiger partial charge in [-0.1, -0.05) is 13.8 Å². The maximum absolute atomic E-state index is 12.9. The lowest BCUT2D eigenvalue weighted by Crippen LogP contribution is -2.30. The zero-order valence-electron chi connectivity index (χ0n) is 15.9. The van der Waals surface area contributed by atoms with Crippen LogP contribution in [0.25, 0.3) is 0 Å². The second-order valence-corrected chi connectivity index (χ2v) is 8.73. The number of nitrogens with zero attached hydrogens (tertiary/aromatic N) is 1. The monoisotopic (exact) mass is 426 g/mol. The molecule has 0 bridgehead atoms. The molecular formula is C19H23FN2O4S2. The number of thioether (sulfide) groups is 1. The number of amides is 1. The van der Waals surface area contributed by atoms with Crippen LogP contribution in [0, 0.1) is 5.82 Å². The standard InChI is InChI=1S/C19H23FN2O4S2/c1-4-22(5-2)28(24,25)16-10-11-18(26-3)17(12-16)21-19(23)13-27-15-8-6-14(20)7-9-15/h6-12H,4-5,13H2,1-3H3,(H,21,23). The van der Waals surface area contributed by atoms with Crippen molar-refractivity contribution in [3.63, 3.8) is 0 Å². The van der Waals surface area contributed by atoms with E-state index in [1.807, 2.05) is 0 Å². The van der Waals surface area contributed by atoms with Gasteiger partial charge in [0, 0.05) is 18.0 Å². The van der Waals surface area contributed by atoms with Gasteiger partial charge in [-0.2, -0.15) is 4.31 Å². The number of sulfonamides is 1. The van der Waals surface area contributed by atoms with E-state index in [4.69, 9.17) is 4.74 Å². The average Bonchev–Trinajstić information content (AvgIpc) is 2.68. The largest absolute Gasteiger partial charge is 0.495 e. The van der Waals surface area contributed by atoms with E-state index in [9.17, 15) is 17.6 Å². The summed E-state index contributed by atoms with van der Waals surface area (Å²) in [5.41, 5.74) is 0.278. The van der Waals surface area contributed by atoms with Crippen LogP contribution < -0.4 is 10.1 Å². The second kappa shape index (κ2) is 9.90.